The number of ether oxygens (including phenoxy) is 1. The molecule has 0 spiro atoms. The Balaban J connectivity index is 2.93. The summed E-state index contributed by atoms with van der Waals surface area (Å²) in [5.74, 6) is 0.771. The van der Waals surface area contributed by atoms with Gasteiger partial charge < -0.3 is 10.1 Å². The summed E-state index contributed by atoms with van der Waals surface area (Å²) in [6, 6.07) is 5.68. The Morgan fingerprint density at radius 3 is 2.81 bits per heavy atom. The van der Waals surface area contributed by atoms with Crippen molar-refractivity contribution < 1.29 is 4.74 Å². The lowest BCUT2D eigenvalue weighted by Crippen LogP contribution is -2.14. The number of benzene rings is 1. The van der Waals surface area contributed by atoms with Gasteiger partial charge in [0.05, 0.1) is 0 Å². The minimum absolute atomic E-state index is 0.164. The molecule has 0 aliphatic carbocycles. The van der Waals surface area contributed by atoms with Gasteiger partial charge in [-0.05, 0) is 32.2 Å². The largest absolute Gasteiger partial charge is 0.488 e. The first kappa shape index (κ1) is 13.4. The van der Waals surface area contributed by atoms with Crippen LogP contribution in [-0.2, 0) is 0 Å². The maximum Gasteiger partial charge on any atom is 0.124 e. The Bertz CT molecular complexity index is 379. The second-order valence-corrected chi connectivity index (χ2v) is 4.47. The van der Waals surface area contributed by atoms with Crippen LogP contribution in [0.1, 0.15) is 18.5 Å². The summed E-state index contributed by atoms with van der Waals surface area (Å²) in [5.41, 5.74) is 1.01. The molecule has 0 aliphatic heterocycles. The van der Waals surface area contributed by atoms with Crippen LogP contribution in [0, 0.1) is 0 Å². The van der Waals surface area contributed by atoms with E-state index in [2.05, 4.69) is 11.9 Å². The maximum atomic E-state index is 5.95. The lowest BCUT2D eigenvalue weighted by atomic mass is 10.1. The van der Waals surface area contributed by atoms with E-state index in [4.69, 9.17) is 27.9 Å². The van der Waals surface area contributed by atoms with Gasteiger partial charge in [-0.3, -0.25) is 0 Å². The molecular formula is C12H15Cl2NO. The highest BCUT2D eigenvalue weighted by atomic mass is 35.5. The Kier molecular flexibility index (Phi) is 5.13. The van der Waals surface area contributed by atoms with Crippen molar-refractivity contribution in [1.29, 1.82) is 0 Å². The summed E-state index contributed by atoms with van der Waals surface area (Å²) in [6.45, 7) is 5.92. The molecule has 0 heterocycles. The van der Waals surface area contributed by atoms with E-state index in [0.717, 1.165) is 11.3 Å². The van der Waals surface area contributed by atoms with E-state index in [-0.39, 0.29) is 6.04 Å². The van der Waals surface area contributed by atoms with Gasteiger partial charge in [-0.25, -0.2) is 0 Å². The van der Waals surface area contributed by atoms with E-state index >= 15 is 0 Å². The predicted octanol–water partition coefficient (Wildman–Crippen LogP) is 3.75. The van der Waals surface area contributed by atoms with Crippen LogP contribution in [0.2, 0.25) is 5.02 Å². The molecule has 1 unspecified atom stereocenters. The van der Waals surface area contributed by atoms with Gasteiger partial charge in [0.15, 0.2) is 0 Å². The molecular weight excluding hydrogens is 245 g/mol. The minimum atomic E-state index is 0.164. The molecule has 1 N–H and O–H groups in total. The van der Waals surface area contributed by atoms with Gasteiger partial charge in [0.2, 0.25) is 0 Å². The van der Waals surface area contributed by atoms with E-state index < -0.39 is 0 Å². The van der Waals surface area contributed by atoms with Crippen LogP contribution in [-0.4, -0.2) is 13.7 Å². The fourth-order valence-electron chi connectivity index (χ4n) is 1.30. The van der Waals surface area contributed by atoms with Crippen LogP contribution in [0.4, 0.5) is 0 Å². The first-order valence-corrected chi connectivity index (χ1v) is 5.73. The van der Waals surface area contributed by atoms with Crippen molar-refractivity contribution in [3.05, 3.63) is 40.4 Å². The van der Waals surface area contributed by atoms with Crippen LogP contribution in [0.5, 0.6) is 5.75 Å². The topological polar surface area (TPSA) is 21.3 Å². The first-order valence-electron chi connectivity index (χ1n) is 4.97. The number of nitrogens with one attached hydrogen (secondary N) is 1. The molecule has 0 amide bonds. The Labute approximate surface area is 106 Å². The third kappa shape index (κ3) is 3.71. The number of halogens is 2. The lowest BCUT2D eigenvalue weighted by Gasteiger charge is -2.16. The van der Waals surface area contributed by atoms with Crippen molar-refractivity contribution in [2.75, 3.05) is 13.7 Å². The fraction of sp³-hybridized carbons (Fsp3) is 0.333. The average Bonchev–Trinajstić information content (AvgIpc) is 2.26. The summed E-state index contributed by atoms with van der Waals surface area (Å²) < 4.78 is 5.55. The van der Waals surface area contributed by atoms with Crippen molar-refractivity contribution in [2.45, 2.75) is 13.0 Å². The third-order valence-electron chi connectivity index (χ3n) is 2.26. The van der Waals surface area contributed by atoms with Crippen molar-refractivity contribution in [3.63, 3.8) is 0 Å². The molecule has 0 aliphatic rings. The predicted molar refractivity (Wildman–Crippen MR) is 69.4 cm³/mol. The van der Waals surface area contributed by atoms with E-state index in [1.54, 1.807) is 6.07 Å². The number of rotatable bonds is 5. The highest BCUT2D eigenvalue weighted by Gasteiger charge is 2.10. The van der Waals surface area contributed by atoms with E-state index in [1.165, 1.54) is 0 Å². The molecule has 0 fully saturated rings. The number of hydrogen-bond donors (Lipinski definition) is 1. The molecule has 1 rings (SSSR count). The molecule has 1 aromatic rings. The van der Waals surface area contributed by atoms with Crippen molar-refractivity contribution in [3.8, 4) is 5.75 Å². The molecule has 0 aromatic heterocycles. The second-order valence-electron chi connectivity index (χ2n) is 3.50. The SMILES string of the molecule is C=C(Cl)COc1ccc(Cl)cc1C(C)NC. The van der Waals surface area contributed by atoms with Gasteiger partial charge in [-0.15, -0.1) is 0 Å². The van der Waals surface area contributed by atoms with E-state index in [1.807, 2.05) is 26.1 Å². The van der Waals surface area contributed by atoms with E-state index in [9.17, 15) is 0 Å². The van der Waals surface area contributed by atoms with Gasteiger partial charge >= 0.3 is 0 Å². The Morgan fingerprint density at radius 2 is 2.25 bits per heavy atom. The molecule has 0 radical (unpaired) electrons. The third-order valence-corrected chi connectivity index (χ3v) is 2.60. The monoisotopic (exact) mass is 259 g/mol. The highest BCUT2D eigenvalue weighted by Crippen LogP contribution is 2.28. The fourth-order valence-corrected chi connectivity index (χ4v) is 1.54. The molecule has 16 heavy (non-hydrogen) atoms. The summed E-state index contributed by atoms with van der Waals surface area (Å²) >= 11 is 11.6. The average molecular weight is 260 g/mol. The summed E-state index contributed by atoms with van der Waals surface area (Å²) in [6.07, 6.45) is 0. The molecule has 0 saturated heterocycles. The van der Waals surface area contributed by atoms with Gasteiger partial charge in [-0.1, -0.05) is 29.8 Å². The van der Waals surface area contributed by atoms with Crippen molar-refractivity contribution >= 4 is 23.2 Å². The first-order chi connectivity index (χ1) is 7.54. The molecule has 4 heteroatoms. The quantitative estimate of drug-likeness (QED) is 0.870. The molecule has 88 valence electrons. The molecule has 0 saturated carbocycles. The van der Waals surface area contributed by atoms with Crippen LogP contribution in [0.3, 0.4) is 0 Å². The smallest absolute Gasteiger partial charge is 0.124 e. The number of hydrogen-bond acceptors (Lipinski definition) is 2. The molecule has 0 bridgehead atoms. The normalized spacial score (nSPS) is 12.2. The summed E-state index contributed by atoms with van der Waals surface area (Å²) in [7, 11) is 1.88. The van der Waals surface area contributed by atoms with Crippen molar-refractivity contribution in [1.82, 2.24) is 5.32 Å². The summed E-state index contributed by atoms with van der Waals surface area (Å²) in [4.78, 5) is 0. The Hall–Kier alpha value is -0.700. The minimum Gasteiger partial charge on any atom is -0.488 e. The van der Waals surface area contributed by atoms with Crippen LogP contribution in [0.25, 0.3) is 0 Å². The maximum absolute atomic E-state index is 5.95. The van der Waals surface area contributed by atoms with Crippen LogP contribution in [0.15, 0.2) is 29.8 Å². The van der Waals surface area contributed by atoms with Gasteiger partial charge in [0.1, 0.15) is 12.4 Å². The second kappa shape index (κ2) is 6.14. The van der Waals surface area contributed by atoms with Gasteiger partial charge in [0, 0.05) is 21.7 Å². The summed E-state index contributed by atoms with van der Waals surface area (Å²) in [5, 5.41) is 4.30. The van der Waals surface area contributed by atoms with Gasteiger partial charge in [-0.2, -0.15) is 0 Å². The van der Waals surface area contributed by atoms with Gasteiger partial charge in [0.25, 0.3) is 0 Å². The Morgan fingerprint density at radius 1 is 1.56 bits per heavy atom. The zero-order valence-corrected chi connectivity index (χ0v) is 10.9. The molecule has 1 atom stereocenters. The van der Waals surface area contributed by atoms with E-state index in [0.29, 0.717) is 16.7 Å². The van der Waals surface area contributed by atoms with Crippen LogP contribution >= 0.6 is 23.2 Å². The lowest BCUT2D eigenvalue weighted by molar-refractivity contribution is 0.351. The molecule has 1 aromatic carbocycles. The van der Waals surface area contributed by atoms with Crippen LogP contribution < -0.4 is 10.1 Å². The molecule has 2 nitrogen and oxygen atoms in total. The van der Waals surface area contributed by atoms with Crippen molar-refractivity contribution in [2.24, 2.45) is 0 Å². The zero-order valence-electron chi connectivity index (χ0n) is 9.39. The standard InChI is InChI=1S/C12H15Cl2NO/c1-8(13)7-16-12-5-4-10(14)6-11(12)9(2)15-3/h4-6,9,15H,1,7H2,2-3H3. The zero-order chi connectivity index (χ0) is 12.1. The highest BCUT2D eigenvalue weighted by molar-refractivity contribution is 6.30.